The predicted octanol–water partition coefficient (Wildman–Crippen LogP) is 3.43. The van der Waals surface area contributed by atoms with Crippen molar-refractivity contribution in [2.24, 2.45) is 0 Å². The van der Waals surface area contributed by atoms with E-state index >= 15 is 0 Å². The number of nitrogens with zero attached hydrogens (tertiary/aromatic N) is 1. The van der Waals surface area contributed by atoms with Crippen molar-refractivity contribution in [3.05, 3.63) is 51.9 Å². The molecule has 1 aliphatic carbocycles. The van der Waals surface area contributed by atoms with Gasteiger partial charge < -0.3 is 9.63 Å². The van der Waals surface area contributed by atoms with Gasteiger partial charge in [0, 0.05) is 21.3 Å². The molecule has 0 atom stereocenters. The third-order valence-electron chi connectivity index (χ3n) is 3.99. The van der Waals surface area contributed by atoms with E-state index in [-0.39, 0.29) is 45.8 Å². The summed E-state index contributed by atoms with van der Waals surface area (Å²) in [4.78, 5) is 24.2. The van der Waals surface area contributed by atoms with Crippen LogP contribution in [0.5, 0.6) is 0 Å². The van der Waals surface area contributed by atoms with Gasteiger partial charge in [-0.3, -0.25) is 4.79 Å². The lowest BCUT2D eigenvalue weighted by molar-refractivity contribution is -0.137. The monoisotopic (exact) mass is 386 g/mol. The van der Waals surface area contributed by atoms with Crippen molar-refractivity contribution in [3.63, 3.8) is 0 Å². The van der Waals surface area contributed by atoms with E-state index in [1.165, 1.54) is 0 Å². The fourth-order valence-electron chi connectivity index (χ4n) is 2.60. The largest absolute Gasteiger partial charge is 0.476 e. The molecule has 1 saturated carbocycles. The summed E-state index contributed by atoms with van der Waals surface area (Å²) >= 11 is 0.0113. The van der Waals surface area contributed by atoms with E-state index in [1.54, 1.807) is 0 Å². The number of hydrogen-bond acceptors (Lipinski definition) is 5. The van der Waals surface area contributed by atoms with Crippen molar-refractivity contribution < 1.29 is 36.6 Å². The van der Waals surface area contributed by atoms with Crippen LogP contribution in [0.2, 0.25) is 0 Å². The van der Waals surface area contributed by atoms with Crippen molar-refractivity contribution >= 4 is 23.4 Å². The van der Waals surface area contributed by atoms with Crippen LogP contribution in [0.4, 0.5) is 13.2 Å². The highest BCUT2D eigenvalue weighted by atomic mass is 32.1. The Kier molecular flexibility index (Phi) is 4.61. The minimum atomic E-state index is -4.63. The van der Waals surface area contributed by atoms with Gasteiger partial charge in [-0.25, -0.2) is 4.79 Å². The van der Waals surface area contributed by atoms with Crippen LogP contribution in [0.25, 0.3) is 0 Å². The lowest BCUT2D eigenvalue weighted by Gasteiger charge is -2.10. The van der Waals surface area contributed by atoms with Gasteiger partial charge in [0.15, 0.2) is 11.5 Å². The van der Waals surface area contributed by atoms with Gasteiger partial charge in [-0.1, -0.05) is 5.16 Å². The maximum Gasteiger partial charge on any atom is 0.463 e. The van der Waals surface area contributed by atoms with Crippen LogP contribution < -0.4 is 0 Å². The highest BCUT2D eigenvalue weighted by molar-refractivity contribution is 7.64. The summed E-state index contributed by atoms with van der Waals surface area (Å²) in [6.45, 7) is 0. The zero-order chi connectivity index (χ0) is 19.1. The summed E-state index contributed by atoms with van der Waals surface area (Å²) in [5.74, 6) is -2.69. The lowest BCUT2D eigenvalue weighted by atomic mass is 9.95. The smallest absolute Gasteiger partial charge is 0.463 e. The Morgan fingerprint density at radius 3 is 2.54 bits per heavy atom. The highest BCUT2D eigenvalue weighted by Gasteiger charge is 2.38. The fraction of sp³-hybridized carbons (Fsp3) is 0.312. The molecule has 0 saturated heterocycles. The lowest BCUT2D eigenvalue weighted by Crippen LogP contribution is -2.14. The number of benzene rings is 1. The van der Waals surface area contributed by atoms with E-state index in [4.69, 9.17) is 4.52 Å². The van der Waals surface area contributed by atoms with Crippen molar-refractivity contribution in [1.82, 2.24) is 5.16 Å². The molecule has 1 heterocycles. The summed E-state index contributed by atoms with van der Waals surface area (Å²) < 4.78 is 54.6. The van der Waals surface area contributed by atoms with E-state index in [9.17, 15) is 32.1 Å². The molecule has 1 N–H and O–H groups in total. The standard InChI is InChI=1S/C16H10F3NO5S/c17-16(18,19)9-3-4-10(8(5-9)6-26-24)13(21)11-12(15(22)23)20-25-14(11)7-1-2-7/h3-5,7H,1-2,6H2/p+1. The number of halogens is 3. The molecule has 1 aliphatic rings. The topological polar surface area (TPSA) is 97.5 Å². The molecule has 0 amide bonds. The Hall–Kier alpha value is -2.62. The number of carbonyl (C=O) groups is 2. The van der Waals surface area contributed by atoms with Gasteiger partial charge in [0.05, 0.1) is 5.56 Å². The molecule has 0 bridgehead atoms. The molecule has 1 fully saturated rings. The normalized spacial score (nSPS) is 14.3. The summed E-state index contributed by atoms with van der Waals surface area (Å²) in [5.41, 5.74) is -2.14. The summed E-state index contributed by atoms with van der Waals surface area (Å²) in [5, 5.41) is 12.6. The molecule has 1 aromatic carbocycles. The second kappa shape index (κ2) is 6.60. The average molecular weight is 386 g/mol. The molecular weight excluding hydrogens is 375 g/mol. The number of aromatic nitrogens is 1. The molecule has 26 heavy (non-hydrogen) atoms. The number of carboxylic acids is 1. The number of alkyl halides is 3. The van der Waals surface area contributed by atoms with E-state index in [0.29, 0.717) is 12.8 Å². The first-order chi connectivity index (χ1) is 12.2. The number of carboxylic acid groups (broad SMARTS) is 1. The van der Waals surface area contributed by atoms with Gasteiger partial charge in [0.1, 0.15) is 5.56 Å². The second-order valence-corrected chi connectivity index (χ2v) is 6.34. The summed E-state index contributed by atoms with van der Waals surface area (Å²) in [6.07, 6.45) is -3.23. The Balaban J connectivity index is 2.12. The van der Waals surface area contributed by atoms with Crippen LogP contribution in [0.3, 0.4) is 0 Å². The van der Waals surface area contributed by atoms with E-state index in [1.807, 2.05) is 0 Å². The maximum absolute atomic E-state index is 12.9. The Bertz CT molecular complexity index is 902. The van der Waals surface area contributed by atoms with Crippen molar-refractivity contribution in [1.29, 1.82) is 0 Å². The van der Waals surface area contributed by atoms with Gasteiger partial charge in [-0.05, 0) is 31.0 Å². The Morgan fingerprint density at radius 2 is 2.00 bits per heavy atom. The van der Waals surface area contributed by atoms with Gasteiger partial charge in [0.25, 0.3) is 5.75 Å². The SMILES string of the molecule is O=[S+]Cc1cc(C(F)(F)F)ccc1C(=O)c1c(C(=O)O)noc1C1CC1. The van der Waals surface area contributed by atoms with Crippen LogP contribution in [0.15, 0.2) is 22.7 Å². The molecule has 10 heteroatoms. The van der Waals surface area contributed by atoms with Crippen molar-refractivity contribution in [3.8, 4) is 0 Å². The zero-order valence-electron chi connectivity index (χ0n) is 13.0. The van der Waals surface area contributed by atoms with E-state index in [2.05, 4.69) is 5.16 Å². The molecule has 0 spiro atoms. The Labute approximate surface area is 148 Å². The Morgan fingerprint density at radius 1 is 1.31 bits per heavy atom. The predicted molar refractivity (Wildman–Crippen MR) is 82.1 cm³/mol. The van der Waals surface area contributed by atoms with Crippen LogP contribution in [-0.4, -0.2) is 22.0 Å². The number of rotatable bonds is 6. The van der Waals surface area contributed by atoms with Crippen LogP contribution in [-0.2, 0) is 27.8 Å². The molecule has 2 aromatic rings. The molecule has 1 aromatic heterocycles. The highest BCUT2D eigenvalue weighted by Crippen LogP contribution is 2.43. The van der Waals surface area contributed by atoms with Crippen LogP contribution in [0, 0.1) is 0 Å². The summed E-state index contributed by atoms with van der Waals surface area (Å²) in [7, 11) is 0. The molecule has 0 radical (unpaired) electrons. The molecule has 0 unspecified atom stereocenters. The number of ketones is 1. The fourth-order valence-corrected chi connectivity index (χ4v) is 2.97. The average Bonchev–Trinajstić information content (AvgIpc) is 3.31. The first kappa shape index (κ1) is 18.2. The summed E-state index contributed by atoms with van der Waals surface area (Å²) in [6, 6.07) is 2.39. The molecule has 136 valence electrons. The van der Waals surface area contributed by atoms with E-state index < -0.39 is 29.2 Å². The van der Waals surface area contributed by atoms with Gasteiger partial charge >= 0.3 is 23.8 Å². The third-order valence-corrected chi connectivity index (χ3v) is 4.42. The number of aromatic carboxylic acids is 1. The zero-order valence-corrected chi connectivity index (χ0v) is 13.8. The molecular formula is C16H11F3NO5S+. The minimum absolute atomic E-state index is 0.0113. The maximum atomic E-state index is 12.9. The van der Waals surface area contributed by atoms with Crippen LogP contribution in [0.1, 0.15) is 62.1 Å². The first-order valence-electron chi connectivity index (χ1n) is 7.46. The molecule has 0 aliphatic heterocycles. The van der Waals surface area contributed by atoms with Crippen LogP contribution >= 0.6 is 0 Å². The first-order valence-corrected chi connectivity index (χ1v) is 8.37. The second-order valence-electron chi connectivity index (χ2n) is 5.81. The minimum Gasteiger partial charge on any atom is -0.476 e. The molecule has 6 nitrogen and oxygen atoms in total. The molecule has 3 rings (SSSR count). The van der Waals surface area contributed by atoms with Gasteiger partial charge in [-0.15, -0.1) is 0 Å². The van der Waals surface area contributed by atoms with E-state index in [0.717, 1.165) is 18.2 Å². The number of carbonyl (C=O) groups excluding carboxylic acids is 1. The quantitative estimate of drug-likeness (QED) is 0.603. The van der Waals surface area contributed by atoms with Crippen molar-refractivity contribution in [2.75, 3.05) is 0 Å². The number of hydrogen-bond donors (Lipinski definition) is 1. The van der Waals surface area contributed by atoms with Gasteiger partial charge in [-0.2, -0.15) is 13.2 Å². The van der Waals surface area contributed by atoms with Crippen molar-refractivity contribution in [2.45, 2.75) is 30.7 Å². The van der Waals surface area contributed by atoms with Gasteiger partial charge in [0.2, 0.25) is 5.69 Å². The third kappa shape index (κ3) is 3.36.